The molecule has 4 rings (SSSR count). The Morgan fingerprint density at radius 1 is 1.43 bits per heavy atom. The van der Waals surface area contributed by atoms with Crippen LogP contribution in [0.1, 0.15) is 12.1 Å². The summed E-state index contributed by atoms with van der Waals surface area (Å²) >= 11 is 2.50. The van der Waals surface area contributed by atoms with E-state index in [9.17, 15) is 24.3 Å². The van der Waals surface area contributed by atoms with Crippen LogP contribution in [0.4, 0.5) is 5.13 Å². The van der Waals surface area contributed by atoms with Gasteiger partial charge < -0.3 is 31.2 Å². The molecule has 0 saturated carbocycles. The molecule has 2 saturated heterocycles. The summed E-state index contributed by atoms with van der Waals surface area (Å²) in [6, 6.07) is -0.933. The Balaban J connectivity index is 1.51. The number of thioether (sulfide) groups is 1. The van der Waals surface area contributed by atoms with Crippen LogP contribution in [0.25, 0.3) is 0 Å². The number of oxime groups is 1. The summed E-state index contributed by atoms with van der Waals surface area (Å²) in [6.45, 7) is 1.60. The number of hydrogen-bond donors (Lipinski definition) is 4. The zero-order chi connectivity index (χ0) is 25.5. The maximum atomic E-state index is 13.0. The summed E-state index contributed by atoms with van der Waals surface area (Å²) in [6.07, 6.45) is 0.643. The van der Waals surface area contributed by atoms with Crippen molar-refractivity contribution < 1.29 is 33.6 Å². The van der Waals surface area contributed by atoms with Crippen LogP contribution < -0.4 is 16.8 Å². The van der Waals surface area contributed by atoms with E-state index in [0.29, 0.717) is 41.9 Å². The zero-order valence-electron chi connectivity index (χ0n) is 19.1. The summed E-state index contributed by atoms with van der Waals surface area (Å²) in [5.74, 6) is -2.65. The number of carboxylic acids is 1. The highest BCUT2D eigenvalue weighted by Crippen LogP contribution is 2.41. The number of primary amides is 1. The number of likely N-dealkylation sites (N-methyl/N-ethyl adjacent to an activating group) is 1. The van der Waals surface area contributed by atoms with Crippen molar-refractivity contribution in [3.63, 3.8) is 0 Å². The molecule has 0 spiro atoms. The molecule has 1 aromatic rings. The lowest BCUT2D eigenvalue weighted by Gasteiger charge is -2.49. The fraction of sp³-hybridized carbons (Fsp3) is 0.500. The van der Waals surface area contributed by atoms with Gasteiger partial charge in [0.15, 0.2) is 10.8 Å². The molecule has 1 aromatic heterocycles. The van der Waals surface area contributed by atoms with Gasteiger partial charge in [-0.3, -0.25) is 19.3 Å². The van der Waals surface area contributed by atoms with Gasteiger partial charge in [-0.15, -0.1) is 23.1 Å². The Kier molecular flexibility index (Phi) is 6.75. The van der Waals surface area contributed by atoms with Gasteiger partial charge in [-0.25, -0.2) is 9.78 Å². The van der Waals surface area contributed by atoms with E-state index in [2.05, 4.69) is 15.5 Å². The van der Waals surface area contributed by atoms with Crippen LogP contribution in [0.2, 0.25) is 0 Å². The van der Waals surface area contributed by atoms with E-state index < -0.39 is 29.2 Å². The minimum atomic E-state index is -1.21. The second kappa shape index (κ2) is 9.47. The number of nitrogen functional groups attached to an aromatic ring is 1. The van der Waals surface area contributed by atoms with E-state index in [1.165, 1.54) is 23.8 Å². The Bertz CT molecular complexity index is 1150. The minimum Gasteiger partial charge on any atom is -0.477 e. The van der Waals surface area contributed by atoms with Crippen LogP contribution in [-0.2, 0) is 24.0 Å². The molecule has 2 fully saturated rings. The van der Waals surface area contributed by atoms with Crippen molar-refractivity contribution >= 4 is 57.6 Å². The molecule has 13 nitrogen and oxygen atoms in total. The first-order chi connectivity index (χ1) is 16.5. The highest BCUT2D eigenvalue weighted by atomic mass is 32.2. The Hall–Kier alpha value is -3.17. The van der Waals surface area contributed by atoms with Gasteiger partial charge in [-0.1, -0.05) is 5.16 Å². The number of aliphatic carboxylic acids is 1. The van der Waals surface area contributed by atoms with E-state index in [1.54, 1.807) is 5.38 Å². The highest BCUT2D eigenvalue weighted by molar-refractivity contribution is 8.00. The molecule has 4 atom stereocenters. The maximum absolute atomic E-state index is 13.0. The third-order valence-corrected chi connectivity index (χ3v) is 8.37. The van der Waals surface area contributed by atoms with Crippen LogP contribution in [0, 0.1) is 5.92 Å². The average Bonchev–Trinajstić information content (AvgIpc) is 3.40. The zero-order valence-corrected chi connectivity index (χ0v) is 20.7. The number of rotatable bonds is 8. The summed E-state index contributed by atoms with van der Waals surface area (Å²) in [7, 11) is 3.23. The Labute approximate surface area is 208 Å². The number of hydrogen-bond acceptors (Lipinski definition) is 10. The SMILES string of the molecule is CO/N=C(\C(=O)N[C@@H]1C(=O)N2C(C(=O)O)=C(C[N+]3(C)CCC(C(N)=O)C3)CS[C@H]12)c1csc(N)n1. The molecule has 0 aromatic carbocycles. The molecule has 4 heterocycles. The van der Waals surface area contributed by atoms with Gasteiger partial charge in [0.2, 0.25) is 5.91 Å². The predicted molar refractivity (Wildman–Crippen MR) is 128 cm³/mol. The lowest BCUT2D eigenvalue weighted by Crippen LogP contribution is -2.71. The van der Waals surface area contributed by atoms with E-state index in [1.807, 2.05) is 7.05 Å². The van der Waals surface area contributed by atoms with Gasteiger partial charge in [0.25, 0.3) is 11.8 Å². The molecule has 0 bridgehead atoms. The van der Waals surface area contributed by atoms with Crippen LogP contribution in [0.15, 0.2) is 21.8 Å². The second-order valence-electron chi connectivity index (χ2n) is 8.88. The van der Waals surface area contributed by atoms with Gasteiger partial charge >= 0.3 is 5.97 Å². The molecule has 35 heavy (non-hydrogen) atoms. The normalized spacial score (nSPS) is 28.4. The molecule has 3 aliphatic heterocycles. The molecule has 0 aliphatic carbocycles. The van der Waals surface area contributed by atoms with Crippen molar-refractivity contribution in [1.82, 2.24) is 15.2 Å². The van der Waals surface area contributed by atoms with E-state index in [-0.39, 0.29) is 34.1 Å². The van der Waals surface area contributed by atoms with Gasteiger partial charge in [0.1, 0.15) is 36.5 Å². The van der Waals surface area contributed by atoms with Crippen molar-refractivity contribution in [3.05, 3.63) is 22.3 Å². The lowest BCUT2D eigenvalue weighted by atomic mass is 10.0. The number of anilines is 1. The Morgan fingerprint density at radius 2 is 2.17 bits per heavy atom. The monoisotopic (exact) mass is 524 g/mol. The molecular formula is C20H26N7O6S2+. The average molecular weight is 525 g/mol. The van der Waals surface area contributed by atoms with Gasteiger partial charge in [0, 0.05) is 23.1 Å². The number of quaternary nitrogens is 1. The number of nitrogens with zero attached hydrogens (tertiary/aromatic N) is 4. The number of aromatic nitrogens is 1. The number of amides is 3. The summed E-state index contributed by atoms with van der Waals surface area (Å²) < 4.78 is 0.473. The van der Waals surface area contributed by atoms with Crippen molar-refractivity contribution in [2.45, 2.75) is 17.8 Å². The molecule has 15 heteroatoms. The van der Waals surface area contributed by atoms with Crippen LogP contribution in [0.3, 0.4) is 0 Å². The predicted octanol–water partition coefficient (Wildman–Crippen LogP) is -1.23. The molecule has 3 amide bonds. The molecule has 0 radical (unpaired) electrons. The fourth-order valence-electron chi connectivity index (χ4n) is 4.73. The summed E-state index contributed by atoms with van der Waals surface area (Å²) in [4.78, 5) is 59.6. The largest absolute Gasteiger partial charge is 0.477 e. The van der Waals surface area contributed by atoms with Crippen molar-refractivity contribution in [2.75, 3.05) is 45.3 Å². The highest BCUT2D eigenvalue weighted by Gasteiger charge is 2.55. The standard InChI is InChI=1S/C20H25N7O6S2/c1-27(4-3-9(5-27)15(21)28)6-10-7-34-18-13(17(30)26(18)14(10)19(31)32)24-16(29)12(25-33-2)11-8-35-20(22)23-11/h8-9,13,18H,3-7H2,1-2H3,(H5-,21,22,23,24,28,29,31,32)/p+1/b25-12-/t9?,13-,18-,27?/m1/s1. The number of likely N-dealkylation sites (tertiary alicyclic amines) is 1. The van der Waals surface area contributed by atoms with E-state index >= 15 is 0 Å². The second-order valence-corrected chi connectivity index (χ2v) is 10.9. The molecule has 3 aliphatic rings. The number of thiazole rings is 1. The Morgan fingerprint density at radius 3 is 2.74 bits per heavy atom. The topological polar surface area (TPSA) is 190 Å². The number of fused-ring (bicyclic) bond motifs is 1. The molecule has 6 N–H and O–H groups in total. The van der Waals surface area contributed by atoms with E-state index in [0.717, 1.165) is 11.3 Å². The van der Waals surface area contributed by atoms with Gasteiger partial charge in [0.05, 0.1) is 26.1 Å². The van der Waals surface area contributed by atoms with Gasteiger partial charge in [-0.05, 0) is 0 Å². The molecule has 188 valence electrons. The molecular weight excluding hydrogens is 498 g/mol. The number of nitrogens with one attached hydrogen (secondary N) is 1. The van der Waals surface area contributed by atoms with Crippen molar-refractivity contribution in [1.29, 1.82) is 0 Å². The number of nitrogens with two attached hydrogens (primary N) is 2. The van der Waals surface area contributed by atoms with E-state index in [4.69, 9.17) is 16.3 Å². The lowest BCUT2D eigenvalue weighted by molar-refractivity contribution is -0.894. The first-order valence-electron chi connectivity index (χ1n) is 10.7. The minimum absolute atomic E-state index is 0.0656. The molecule has 2 unspecified atom stereocenters. The number of carboxylic acid groups (broad SMARTS) is 1. The van der Waals surface area contributed by atoms with Crippen molar-refractivity contribution in [2.24, 2.45) is 16.8 Å². The van der Waals surface area contributed by atoms with Crippen molar-refractivity contribution in [3.8, 4) is 0 Å². The van der Waals surface area contributed by atoms with Gasteiger partial charge in [-0.2, -0.15) is 0 Å². The number of carbonyl (C=O) groups is 4. The first kappa shape index (κ1) is 24.9. The fourth-order valence-corrected chi connectivity index (χ4v) is 6.61. The number of carbonyl (C=O) groups excluding carboxylic acids is 3. The quantitative estimate of drug-likeness (QED) is 0.139. The third kappa shape index (κ3) is 4.70. The van der Waals surface area contributed by atoms with Crippen LogP contribution in [-0.4, -0.2) is 99.8 Å². The van der Waals surface area contributed by atoms with Crippen LogP contribution in [0.5, 0.6) is 0 Å². The third-order valence-electron chi connectivity index (χ3n) is 6.35. The number of β-lactam (4-membered cyclic amide) rings is 1. The van der Waals surface area contributed by atoms with Crippen LogP contribution >= 0.6 is 23.1 Å². The smallest absolute Gasteiger partial charge is 0.352 e. The summed E-state index contributed by atoms with van der Waals surface area (Å²) in [5, 5.41) is 17.5. The maximum Gasteiger partial charge on any atom is 0.352 e. The first-order valence-corrected chi connectivity index (χ1v) is 12.6. The summed E-state index contributed by atoms with van der Waals surface area (Å²) in [5.41, 5.74) is 11.7.